The molecule has 36 heavy (non-hydrogen) atoms. The number of carbonyl (C=O) groups is 3. The van der Waals surface area contributed by atoms with Crippen molar-refractivity contribution in [2.45, 2.75) is 11.6 Å². The van der Waals surface area contributed by atoms with Crippen LogP contribution in [0.15, 0.2) is 66.7 Å². The van der Waals surface area contributed by atoms with Crippen LogP contribution >= 0.6 is 23.2 Å². The van der Waals surface area contributed by atoms with E-state index < -0.39 is 52.8 Å². The lowest BCUT2D eigenvalue weighted by atomic mass is 9.71. The lowest BCUT2D eigenvalue weighted by Gasteiger charge is -2.36. The van der Waals surface area contributed by atoms with E-state index in [1.54, 1.807) is 6.07 Å². The van der Waals surface area contributed by atoms with Gasteiger partial charge in [0.05, 0.1) is 40.2 Å². The van der Waals surface area contributed by atoms with Crippen LogP contribution in [-0.4, -0.2) is 30.9 Å². The van der Waals surface area contributed by atoms with Crippen LogP contribution in [-0.2, 0) is 24.7 Å². The Balaban J connectivity index is 1.79. The van der Waals surface area contributed by atoms with Gasteiger partial charge in [-0.25, -0.2) is 13.7 Å². The van der Waals surface area contributed by atoms with Crippen molar-refractivity contribution >= 4 is 46.7 Å². The van der Waals surface area contributed by atoms with Gasteiger partial charge in [-0.05, 0) is 47.5 Å². The third kappa shape index (κ3) is 3.51. The molecule has 0 bridgehead atoms. The lowest BCUT2D eigenvalue weighted by molar-refractivity contribution is -0.145. The predicted molar refractivity (Wildman–Crippen MR) is 128 cm³/mol. The molecule has 2 fully saturated rings. The summed E-state index contributed by atoms with van der Waals surface area (Å²) >= 11 is 12.7. The highest BCUT2D eigenvalue weighted by atomic mass is 35.5. The number of para-hydroxylation sites is 1. The summed E-state index contributed by atoms with van der Waals surface area (Å²) in [5.74, 6) is -5.61. The van der Waals surface area contributed by atoms with Crippen molar-refractivity contribution in [1.29, 1.82) is 0 Å². The number of hydrogen-bond donors (Lipinski definition) is 1. The first-order chi connectivity index (χ1) is 17.2. The molecule has 5 rings (SSSR count). The molecule has 0 unspecified atom stereocenters. The number of esters is 1. The molecule has 3 atom stereocenters. The van der Waals surface area contributed by atoms with E-state index in [0.29, 0.717) is 11.1 Å². The summed E-state index contributed by atoms with van der Waals surface area (Å²) < 4.78 is 32.7. The van der Waals surface area contributed by atoms with E-state index >= 15 is 0 Å². The van der Waals surface area contributed by atoms with Crippen LogP contribution in [0.5, 0.6) is 0 Å². The van der Waals surface area contributed by atoms with E-state index in [1.165, 1.54) is 67.8 Å². The molecule has 0 aliphatic carbocycles. The number of ether oxygens (including phenoxy) is 1. The van der Waals surface area contributed by atoms with Gasteiger partial charge >= 0.3 is 5.97 Å². The second-order valence-corrected chi connectivity index (χ2v) is 9.37. The average Bonchev–Trinajstić information content (AvgIpc) is 3.35. The topological polar surface area (TPSA) is 75.7 Å². The van der Waals surface area contributed by atoms with Gasteiger partial charge in [-0.15, -0.1) is 0 Å². The molecule has 2 saturated heterocycles. The van der Waals surface area contributed by atoms with Gasteiger partial charge in [0.2, 0.25) is 11.8 Å². The molecule has 0 aromatic heterocycles. The fourth-order valence-corrected chi connectivity index (χ4v) is 5.85. The summed E-state index contributed by atoms with van der Waals surface area (Å²) in [6.45, 7) is 0. The van der Waals surface area contributed by atoms with E-state index in [9.17, 15) is 23.2 Å². The van der Waals surface area contributed by atoms with Gasteiger partial charge in [-0.1, -0.05) is 53.5 Å². The van der Waals surface area contributed by atoms with Gasteiger partial charge in [0.1, 0.15) is 17.7 Å². The van der Waals surface area contributed by atoms with Crippen LogP contribution in [0, 0.1) is 23.5 Å². The predicted octanol–water partition coefficient (Wildman–Crippen LogP) is 4.47. The van der Waals surface area contributed by atoms with Crippen LogP contribution in [0.25, 0.3) is 0 Å². The molecule has 3 aromatic carbocycles. The van der Waals surface area contributed by atoms with Crippen molar-refractivity contribution in [1.82, 2.24) is 5.32 Å². The largest absolute Gasteiger partial charge is 0.468 e. The smallest absolute Gasteiger partial charge is 0.323 e. The summed E-state index contributed by atoms with van der Waals surface area (Å²) in [5.41, 5.74) is -0.726. The molecule has 0 spiro atoms. The fraction of sp³-hybridized carbons (Fsp3) is 0.192. The Bertz CT molecular complexity index is 1320. The number of imide groups is 1. The SMILES string of the molecule is COC(=O)[C@@H]1NC(c2ccc(F)cc2)(c2ccc(F)cc2)[C@H]2C(=O)N(c3c(Cl)cccc3Cl)C(=O)[C@H]12. The van der Waals surface area contributed by atoms with E-state index in [0.717, 1.165) is 4.90 Å². The molecule has 1 N–H and O–H groups in total. The molecule has 0 saturated carbocycles. The number of nitrogens with one attached hydrogen (secondary N) is 1. The second-order valence-electron chi connectivity index (χ2n) is 8.55. The van der Waals surface area contributed by atoms with Gasteiger partial charge in [-0.3, -0.25) is 19.7 Å². The molecule has 6 nitrogen and oxygen atoms in total. The first kappa shape index (κ1) is 24.4. The first-order valence-electron chi connectivity index (χ1n) is 10.9. The second kappa shape index (κ2) is 8.96. The number of rotatable bonds is 4. The highest BCUT2D eigenvalue weighted by Gasteiger charge is 2.68. The van der Waals surface area contributed by atoms with Crippen molar-refractivity contribution in [3.63, 3.8) is 0 Å². The van der Waals surface area contributed by atoms with E-state index in [-0.39, 0.29) is 15.7 Å². The van der Waals surface area contributed by atoms with Crippen LogP contribution in [0.3, 0.4) is 0 Å². The van der Waals surface area contributed by atoms with Gasteiger partial charge < -0.3 is 4.74 Å². The average molecular weight is 531 g/mol. The van der Waals surface area contributed by atoms with Crippen molar-refractivity contribution in [2.24, 2.45) is 11.8 Å². The van der Waals surface area contributed by atoms with Crippen LogP contribution in [0.1, 0.15) is 11.1 Å². The molecule has 2 aliphatic heterocycles. The number of hydrogen-bond acceptors (Lipinski definition) is 5. The normalized spacial score (nSPS) is 22.6. The lowest BCUT2D eigenvalue weighted by Crippen LogP contribution is -2.52. The zero-order chi connectivity index (χ0) is 25.8. The molecule has 2 amide bonds. The Hall–Kier alpha value is -3.33. The highest BCUT2D eigenvalue weighted by molar-refractivity contribution is 6.42. The van der Waals surface area contributed by atoms with Crippen LogP contribution < -0.4 is 10.2 Å². The first-order valence-corrected chi connectivity index (χ1v) is 11.7. The maximum atomic E-state index is 14.1. The van der Waals surface area contributed by atoms with E-state index in [1.807, 2.05) is 0 Å². The van der Waals surface area contributed by atoms with Crippen molar-refractivity contribution < 1.29 is 27.9 Å². The van der Waals surface area contributed by atoms with E-state index in [4.69, 9.17) is 27.9 Å². The Labute approximate surface area is 214 Å². The summed E-state index contributed by atoms with van der Waals surface area (Å²) in [7, 11) is 1.17. The van der Waals surface area contributed by atoms with Crippen molar-refractivity contribution in [3.05, 3.63) is 99.5 Å². The van der Waals surface area contributed by atoms with Gasteiger partial charge in [0.25, 0.3) is 0 Å². The highest BCUT2D eigenvalue weighted by Crippen LogP contribution is 2.53. The molecule has 2 heterocycles. The molecule has 0 radical (unpaired) electrons. The summed E-state index contributed by atoms with van der Waals surface area (Å²) in [4.78, 5) is 41.7. The molecular weight excluding hydrogens is 513 g/mol. The molecule has 3 aromatic rings. The summed E-state index contributed by atoms with van der Waals surface area (Å²) in [6.07, 6.45) is 0. The van der Waals surface area contributed by atoms with Gasteiger partial charge in [0, 0.05) is 0 Å². The van der Waals surface area contributed by atoms with Crippen LogP contribution in [0.4, 0.5) is 14.5 Å². The quantitative estimate of drug-likeness (QED) is 0.398. The third-order valence-corrected chi connectivity index (χ3v) is 7.39. The minimum atomic E-state index is -1.51. The Morgan fingerprint density at radius 2 is 1.39 bits per heavy atom. The maximum Gasteiger partial charge on any atom is 0.323 e. The zero-order valence-electron chi connectivity index (χ0n) is 18.7. The molecule has 184 valence electrons. The van der Waals surface area contributed by atoms with Crippen molar-refractivity contribution in [3.8, 4) is 0 Å². The Morgan fingerprint density at radius 1 is 0.889 bits per heavy atom. The van der Waals surface area contributed by atoms with Crippen molar-refractivity contribution in [2.75, 3.05) is 12.0 Å². The fourth-order valence-electron chi connectivity index (χ4n) is 5.28. The number of anilines is 1. The maximum absolute atomic E-state index is 14.1. The number of benzene rings is 3. The van der Waals surface area contributed by atoms with E-state index in [2.05, 4.69) is 5.32 Å². The number of halogens is 4. The number of fused-ring (bicyclic) bond motifs is 1. The molecular formula is C26H18Cl2F2N2O4. The minimum absolute atomic E-state index is 0.000890. The van der Waals surface area contributed by atoms with Crippen LogP contribution in [0.2, 0.25) is 10.0 Å². The summed E-state index contributed by atoms with van der Waals surface area (Å²) in [6, 6.07) is 13.9. The number of amides is 2. The summed E-state index contributed by atoms with van der Waals surface area (Å²) in [5, 5.41) is 3.28. The number of methoxy groups -OCH3 is 1. The number of nitrogens with zero attached hydrogens (tertiary/aromatic N) is 1. The Morgan fingerprint density at radius 3 is 1.86 bits per heavy atom. The molecule has 2 aliphatic rings. The molecule has 10 heteroatoms. The monoisotopic (exact) mass is 530 g/mol. The third-order valence-electron chi connectivity index (χ3n) is 6.78. The van der Waals surface area contributed by atoms with Gasteiger partial charge in [-0.2, -0.15) is 0 Å². The standard InChI is InChI=1S/C26H18Cl2F2N2O4/c1-36-25(35)21-19-20(24(34)32(23(19)33)22-17(27)3-2-4-18(22)28)26(31-21,13-5-9-15(29)10-6-13)14-7-11-16(30)12-8-14/h2-12,19-21,31H,1H3/t19-,20+,21+/m0/s1. The minimum Gasteiger partial charge on any atom is -0.468 e. The van der Waals surface area contributed by atoms with Gasteiger partial charge in [0.15, 0.2) is 0 Å². The number of carbonyl (C=O) groups excluding carboxylic acids is 3. The zero-order valence-corrected chi connectivity index (χ0v) is 20.2. The Kier molecular flexibility index (Phi) is 6.06.